The third kappa shape index (κ3) is 3.05. The molecule has 0 aromatic heterocycles. The highest BCUT2D eigenvalue weighted by molar-refractivity contribution is 7.92. The first-order chi connectivity index (χ1) is 9.44. The van der Waals surface area contributed by atoms with Crippen LogP contribution in [0.25, 0.3) is 0 Å². The molecule has 6 heteroatoms. The van der Waals surface area contributed by atoms with Crippen molar-refractivity contribution in [2.45, 2.75) is 11.8 Å². The molecule has 0 spiro atoms. The Morgan fingerprint density at radius 2 is 1.75 bits per heavy atom. The first-order valence-electron chi connectivity index (χ1n) is 6.00. The maximum absolute atomic E-state index is 12.4. The summed E-state index contributed by atoms with van der Waals surface area (Å²) < 4.78 is 27.3. The number of hydrogen-bond donors (Lipinski definition) is 2. The van der Waals surface area contributed by atoms with Gasteiger partial charge in [0.15, 0.2) is 0 Å². The molecule has 2 aromatic rings. The number of hydrogen-bond acceptors (Lipinski definition) is 3. The average molecular weight is 311 g/mol. The molecule has 0 heterocycles. The second-order valence-corrected chi connectivity index (χ2v) is 6.39. The van der Waals surface area contributed by atoms with Crippen LogP contribution in [-0.4, -0.2) is 15.5 Å². The fraction of sp³-hybridized carbons (Fsp3) is 0.143. The summed E-state index contributed by atoms with van der Waals surface area (Å²) >= 11 is 6.05. The predicted molar refractivity (Wildman–Crippen MR) is 83.0 cm³/mol. The Morgan fingerprint density at radius 1 is 1.05 bits per heavy atom. The highest BCUT2D eigenvalue weighted by Crippen LogP contribution is 2.27. The van der Waals surface area contributed by atoms with E-state index in [1.807, 2.05) is 6.92 Å². The lowest BCUT2D eigenvalue weighted by Gasteiger charge is -2.13. The summed E-state index contributed by atoms with van der Waals surface area (Å²) in [6.07, 6.45) is 0. The first kappa shape index (κ1) is 14.7. The zero-order valence-corrected chi connectivity index (χ0v) is 12.7. The summed E-state index contributed by atoms with van der Waals surface area (Å²) in [6.45, 7) is 1.89. The van der Waals surface area contributed by atoms with E-state index in [4.69, 9.17) is 11.6 Å². The van der Waals surface area contributed by atoms with Crippen LogP contribution < -0.4 is 10.0 Å². The van der Waals surface area contributed by atoms with Crippen LogP contribution in [0.3, 0.4) is 0 Å². The number of rotatable bonds is 4. The highest BCUT2D eigenvalue weighted by atomic mass is 35.5. The lowest BCUT2D eigenvalue weighted by atomic mass is 10.2. The van der Waals surface area contributed by atoms with Crippen LogP contribution in [0.15, 0.2) is 47.4 Å². The highest BCUT2D eigenvalue weighted by Gasteiger charge is 2.18. The normalized spacial score (nSPS) is 11.2. The zero-order valence-electron chi connectivity index (χ0n) is 11.1. The van der Waals surface area contributed by atoms with E-state index in [-0.39, 0.29) is 4.90 Å². The van der Waals surface area contributed by atoms with Crippen LogP contribution in [0.5, 0.6) is 0 Å². The fourth-order valence-corrected chi connectivity index (χ4v) is 3.44. The van der Waals surface area contributed by atoms with E-state index in [1.165, 1.54) is 6.07 Å². The maximum atomic E-state index is 12.4. The fourth-order valence-electron chi connectivity index (χ4n) is 1.81. The van der Waals surface area contributed by atoms with Gasteiger partial charge in [-0.3, -0.25) is 4.72 Å². The van der Waals surface area contributed by atoms with Gasteiger partial charge in [0.25, 0.3) is 10.0 Å². The van der Waals surface area contributed by atoms with Crippen LogP contribution in [0.4, 0.5) is 11.4 Å². The van der Waals surface area contributed by atoms with Gasteiger partial charge in [-0.2, -0.15) is 0 Å². The topological polar surface area (TPSA) is 58.2 Å². The molecule has 0 saturated heterocycles. The number of benzene rings is 2. The second-order valence-electron chi connectivity index (χ2n) is 4.33. The molecule has 0 radical (unpaired) electrons. The van der Waals surface area contributed by atoms with Crippen LogP contribution in [0, 0.1) is 6.92 Å². The molecule has 0 aliphatic carbocycles. The van der Waals surface area contributed by atoms with Crippen molar-refractivity contribution in [2.75, 3.05) is 17.1 Å². The standard InChI is InChI=1S/C14H15ClN2O2S/c1-10-7-8-12(11(15)9-10)17-20(18,19)14-6-4-3-5-13(14)16-2/h3-9,16-17H,1-2H3. The van der Waals surface area contributed by atoms with Crippen molar-refractivity contribution in [3.63, 3.8) is 0 Å². The smallest absolute Gasteiger partial charge is 0.263 e. The first-order valence-corrected chi connectivity index (χ1v) is 7.86. The molecule has 0 atom stereocenters. The molecule has 0 bridgehead atoms. The quantitative estimate of drug-likeness (QED) is 0.909. The molecule has 2 aromatic carbocycles. The van der Waals surface area contributed by atoms with Gasteiger partial charge in [-0.05, 0) is 36.8 Å². The third-order valence-electron chi connectivity index (χ3n) is 2.81. The van der Waals surface area contributed by atoms with Gasteiger partial charge in [0.1, 0.15) is 4.90 Å². The van der Waals surface area contributed by atoms with Crippen molar-refractivity contribution in [1.82, 2.24) is 0 Å². The van der Waals surface area contributed by atoms with Gasteiger partial charge < -0.3 is 5.32 Å². The van der Waals surface area contributed by atoms with Gasteiger partial charge in [-0.15, -0.1) is 0 Å². The number of sulfonamides is 1. The third-order valence-corrected chi connectivity index (χ3v) is 4.55. The van der Waals surface area contributed by atoms with Crippen molar-refractivity contribution in [3.8, 4) is 0 Å². The van der Waals surface area contributed by atoms with E-state index in [2.05, 4.69) is 10.0 Å². The number of anilines is 2. The summed E-state index contributed by atoms with van der Waals surface area (Å²) in [7, 11) is -2.01. The van der Waals surface area contributed by atoms with Crippen LogP contribution in [-0.2, 0) is 10.0 Å². The summed E-state index contributed by atoms with van der Waals surface area (Å²) in [5.41, 5.74) is 1.86. The molecule has 2 N–H and O–H groups in total. The van der Waals surface area contributed by atoms with Gasteiger partial charge in [0.05, 0.1) is 16.4 Å². The summed E-state index contributed by atoms with van der Waals surface area (Å²) in [6, 6.07) is 11.8. The molecule has 0 amide bonds. The van der Waals surface area contributed by atoms with Crippen LogP contribution in [0.1, 0.15) is 5.56 Å². The lowest BCUT2D eigenvalue weighted by molar-refractivity contribution is 0.601. The Hall–Kier alpha value is -1.72. The summed E-state index contributed by atoms with van der Waals surface area (Å²) in [4.78, 5) is 0.180. The SMILES string of the molecule is CNc1ccccc1S(=O)(=O)Nc1ccc(C)cc1Cl. The van der Waals surface area contributed by atoms with Crippen molar-refractivity contribution in [1.29, 1.82) is 0 Å². The number of aryl methyl sites for hydroxylation is 1. The van der Waals surface area contributed by atoms with Gasteiger partial charge in [0.2, 0.25) is 0 Å². The Bertz CT molecular complexity index is 730. The molecular formula is C14H15ClN2O2S. The Kier molecular flexibility index (Phi) is 4.20. The zero-order chi connectivity index (χ0) is 14.8. The van der Waals surface area contributed by atoms with E-state index in [0.717, 1.165) is 5.56 Å². The van der Waals surface area contributed by atoms with Crippen LogP contribution in [0.2, 0.25) is 5.02 Å². The second kappa shape index (κ2) is 5.73. The Morgan fingerprint density at radius 3 is 2.40 bits per heavy atom. The summed E-state index contributed by atoms with van der Waals surface area (Å²) in [5.74, 6) is 0. The van der Waals surface area contributed by atoms with E-state index in [0.29, 0.717) is 16.4 Å². The van der Waals surface area contributed by atoms with E-state index in [9.17, 15) is 8.42 Å². The molecular weight excluding hydrogens is 296 g/mol. The summed E-state index contributed by atoms with van der Waals surface area (Å²) in [5, 5.41) is 3.23. The average Bonchev–Trinajstić information content (AvgIpc) is 2.42. The number of para-hydroxylation sites is 1. The molecule has 0 aliphatic rings. The van der Waals surface area contributed by atoms with Crippen molar-refractivity contribution >= 4 is 33.0 Å². The molecule has 0 saturated carbocycles. The maximum Gasteiger partial charge on any atom is 0.263 e. The van der Waals surface area contributed by atoms with Crippen molar-refractivity contribution < 1.29 is 8.42 Å². The molecule has 20 heavy (non-hydrogen) atoms. The number of nitrogens with one attached hydrogen (secondary N) is 2. The molecule has 0 aliphatic heterocycles. The molecule has 2 rings (SSSR count). The lowest BCUT2D eigenvalue weighted by Crippen LogP contribution is -2.15. The minimum absolute atomic E-state index is 0.180. The van der Waals surface area contributed by atoms with Crippen molar-refractivity contribution in [2.24, 2.45) is 0 Å². The minimum Gasteiger partial charge on any atom is -0.387 e. The molecule has 0 fully saturated rings. The van der Waals surface area contributed by atoms with Crippen molar-refractivity contribution in [3.05, 3.63) is 53.1 Å². The monoisotopic (exact) mass is 310 g/mol. The van der Waals surface area contributed by atoms with Gasteiger partial charge in [0, 0.05) is 7.05 Å². The van der Waals surface area contributed by atoms with E-state index in [1.54, 1.807) is 43.4 Å². The van der Waals surface area contributed by atoms with Crippen LogP contribution >= 0.6 is 11.6 Å². The molecule has 0 unspecified atom stereocenters. The molecule has 4 nitrogen and oxygen atoms in total. The number of halogens is 1. The van der Waals surface area contributed by atoms with Gasteiger partial charge in [-0.1, -0.05) is 29.8 Å². The Balaban J connectivity index is 2.41. The van der Waals surface area contributed by atoms with Gasteiger partial charge >= 0.3 is 0 Å². The van der Waals surface area contributed by atoms with E-state index >= 15 is 0 Å². The molecule has 106 valence electrons. The largest absolute Gasteiger partial charge is 0.387 e. The minimum atomic E-state index is -3.69. The Labute approximate surface area is 123 Å². The predicted octanol–water partition coefficient (Wildman–Crippen LogP) is 3.49. The van der Waals surface area contributed by atoms with Gasteiger partial charge in [-0.25, -0.2) is 8.42 Å². The van der Waals surface area contributed by atoms with E-state index < -0.39 is 10.0 Å².